The summed E-state index contributed by atoms with van der Waals surface area (Å²) in [6, 6.07) is 6.95. The number of fused-ring (bicyclic) bond motifs is 1. The summed E-state index contributed by atoms with van der Waals surface area (Å²) in [6.07, 6.45) is 7.33. The van der Waals surface area contributed by atoms with Gasteiger partial charge in [-0.05, 0) is 67.9 Å². The fraction of sp³-hybridized carbons (Fsp3) is 0.647. The van der Waals surface area contributed by atoms with E-state index in [1.807, 2.05) is 6.07 Å². The predicted octanol–water partition coefficient (Wildman–Crippen LogP) is 3.65. The van der Waals surface area contributed by atoms with Crippen molar-refractivity contribution in [3.05, 3.63) is 18.2 Å². The third kappa shape index (κ3) is 1.65. The molecule has 4 aliphatic carbocycles. The number of nitrogens with one attached hydrogen (secondary N) is 1. The van der Waals surface area contributed by atoms with Crippen molar-refractivity contribution in [2.75, 3.05) is 12.1 Å². The van der Waals surface area contributed by atoms with Gasteiger partial charge in [-0.3, -0.25) is 0 Å². The summed E-state index contributed by atoms with van der Waals surface area (Å²) in [7, 11) is 0. The Kier molecular flexibility index (Phi) is 2.29. The highest BCUT2D eigenvalue weighted by Crippen LogP contribution is 2.54. The lowest BCUT2D eigenvalue weighted by atomic mass is 9.54. The van der Waals surface area contributed by atoms with Gasteiger partial charge < -0.3 is 14.8 Å². The van der Waals surface area contributed by atoms with Crippen LogP contribution >= 0.6 is 0 Å². The van der Waals surface area contributed by atoms with E-state index < -0.39 is 0 Å². The fourth-order valence-electron chi connectivity index (χ4n) is 5.34. The molecule has 0 radical (unpaired) electrons. The second-order valence-corrected chi connectivity index (χ2v) is 7.17. The van der Waals surface area contributed by atoms with E-state index in [0.717, 1.165) is 35.2 Å². The Morgan fingerprint density at radius 3 is 2.30 bits per heavy atom. The van der Waals surface area contributed by atoms with Gasteiger partial charge in [0.05, 0.1) is 0 Å². The first-order chi connectivity index (χ1) is 9.85. The maximum absolute atomic E-state index is 5.48. The predicted molar refractivity (Wildman–Crippen MR) is 77.0 cm³/mol. The zero-order valence-corrected chi connectivity index (χ0v) is 11.7. The SMILES string of the molecule is c1cc2c(cc1NC1C3CC4CC(C3)CC1C4)OCO2. The molecule has 0 saturated heterocycles. The molecule has 3 nitrogen and oxygen atoms in total. The summed E-state index contributed by atoms with van der Waals surface area (Å²) in [6.45, 7) is 0.358. The lowest BCUT2D eigenvalue weighted by molar-refractivity contribution is 0.00753. The van der Waals surface area contributed by atoms with Crippen molar-refractivity contribution in [3.63, 3.8) is 0 Å². The maximum Gasteiger partial charge on any atom is 0.231 e. The molecule has 3 heteroatoms. The highest BCUT2D eigenvalue weighted by atomic mass is 16.7. The number of hydrogen-bond donors (Lipinski definition) is 1. The van der Waals surface area contributed by atoms with E-state index in [1.165, 1.54) is 37.8 Å². The van der Waals surface area contributed by atoms with Crippen molar-refractivity contribution in [2.24, 2.45) is 23.7 Å². The molecule has 0 spiro atoms. The van der Waals surface area contributed by atoms with Gasteiger partial charge in [-0.25, -0.2) is 0 Å². The Balaban J connectivity index is 1.39. The Bertz CT molecular complexity index is 514. The molecule has 1 N–H and O–H groups in total. The van der Waals surface area contributed by atoms with Gasteiger partial charge in [0.1, 0.15) is 0 Å². The maximum atomic E-state index is 5.48. The first kappa shape index (κ1) is 11.3. The number of hydrogen-bond acceptors (Lipinski definition) is 3. The highest BCUT2D eigenvalue weighted by molar-refractivity contribution is 5.56. The zero-order valence-electron chi connectivity index (χ0n) is 11.7. The second kappa shape index (κ2) is 4.06. The van der Waals surface area contributed by atoms with Crippen molar-refractivity contribution >= 4 is 5.69 Å². The molecule has 20 heavy (non-hydrogen) atoms. The van der Waals surface area contributed by atoms with Crippen molar-refractivity contribution in [3.8, 4) is 11.5 Å². The first-order valence-electron chi connectivity index (χ1n) is 8.01. The summed E-state index contributed by atoms with van der Waals surface area (Å²) in [5.74, 6) is 5.63. The molecule has 0 amide bonds. The van der Waals surface area contributed by atoms with Gasteiger partial charge in [0.15, 0.2) is 11.5 Å². The molecule has 0 unspecified atom stereocenters. The minimum atomic E-state index is 0.358. The molecule has 6 rings (SSSR count). The second-order valence-electron chi connectivity index (χ2n) is 7.17. The van der Waals surface area contributed by atoms with E-state index in [2.05, 4.69) is 17.4 Å². The van der Waals surface area contributed by atoms with Crippen molar-refractivity contribution in [2.45, 2.75) is 38.1 Å². The smallest absolute Gasteiger partial charge is 0.231 e. The quantitative estimate of drug-likeness (QED) is 0.890. The van der Waals surface area contributed by atoms with Crippen LogP contribution in [0.25, 0.3) is 0 Å². The van der Waals surface area contributed by atoms with E-state index in [0.29, 0.717) is 12.8 Å². The molecule has 0 aromatic heterocycles. The van der Waals surface area contributed by atoms with Crippen LogP contribution in [0.5, 0.6) is 11.5 Å². The fourth-order valence-corrected chi connectivity index (χ4v) is 5.34. The third-order valence-electron chi connectivity index (χ3n) is 5.93. The molecule has 1 aromatic carbocycles. The first-order valence-corrected chi connectivity index (χ1v) is 8.01. The number of ether oxygens (including phenoxy) is 2. The van der Waals surface area contributed by atoms with E-state index in [4.69, 9.17) is 9.47 Å². The van der Waals surface area contributed by atoms with Crippen LogP contribution in [0.2, 0.25) is 0 Å². The molecule has 0 atom stereocenters. The van der Waals surface area contributed by atoms with Gasteiger partial charge in [0, 0.05) is 17.8 Å². The Hall–Kier alpha value is -1.38. The molecule has 5 aliphatic rings. The summed E-state index contributed by atoms with van der Waals surface area (Å²) < 4.78 is 10.9. The Morgan fingerprint density at radius 1 is 0.850 bits per heavy atom. The number of rotatable bonds is 2. The van der Waals surface area contributed by atoms with Gasteiger partial charge in [-0.2, -0.15) is 0 Å². The standard InChI is InChI=1S/C17H21NO2/c1-2-15-16(20-9-19-15)8-14(1)18-17-12-4-10-3-11(6-12)7-13(17)5-10/h1-2,8,10-13,17-18H,3-7,9H2. The van der Waals surface area contributed by atoms with E-state index >= 15 is 0 Å². The molecule has 4 fully saturated rings. The summed E-state index contributed by atoms with van der Waals surface area (Å²) >= 11 is 0. The van der Waals surface area contributed by atoms with Gasteiger partial charge in [-0.15, -0.1) is 0 Å². The highest BCUT2D eigenvalue weighted by Gasteiger charge is 2.48. The molecule has 4 bridgehead atoms. The lowest BCUT2D eigenvalue weighted by Crippen LogP contribution is -2.51. The van der Waals surface area contributed by atoms with Crippen LogP contribution in [-0.4, -0.2) is 12.8 Å². The average molecular weight is 271 g/mol. The van der Waals surface area contributed by atoms with Crippen molar-refractivity contribution in [1.29, 1.82) is 0 Å². The van der Waals surface area contributed by atoms with Crippen LogP contribution in [0.15, 0.2) is 18.2 Å². The summed E-state index contributed by atoms with van der Waals surface area (Å²) in [5.41, 5.74) is 1.20. The molecular weight excluding hydrogens is 250 g/mol. The number of anilines is 1. The van der Waals surface area contributed by atoms with Gasteiger partial charge >= 0.3 is 0 Å². The monoisotopic (exact) mass is 271 g/mol. The number of benzene rings is 1. The van der Waals surface area contributed by atoms with Crippen LogP contribution in [0.1, 0.15) is 32.1 Å². The molecule has 1 aliphatic heterocycles. The molecule has 4 saturated carbocycles. The van der Waals surface area contributed by atoms with Crippen LogP contribution in [0, 0.1) is 23.7 Å². The van der Waals surface area contributed by atoms with E-state index in [9.17, 15) is 0 Å². The average Bonchev–Trinajstić information content (AvgIpc) is 2.89. The molecule has 1 aromatic rings. The molecule has 1 heterocycles. The van der Waals surface area contributed by atoms with Crippen LogP contribution in [0.3, 0.4) is 0 Å². The van der Waals surface area contributed by atoms with Crippen LogP contribution in [-0.2, 0) is 0 Å². The third-order valence-corrected chi connectivity index (χ3v) is 5.93. The van der Waals surface area contributed by atoms with Gasteiger partial charge in [-0.1, -0.05) is 0 Å². The molecule has 106 valence electrons. The topological polar surface area (TPSA) is 30.5 Å². The largest absolute Gasteiger partial charge is 0.454 e. The Labute approximate surface area is 119 Å². The summed E-state index contributed by atoms with van der Waals surface area (Å²) in [5, 5.41) is 3.82. The van der Waals surface area contributed by atoms with Crippen molar-refractivity contribution in [1.82, 2.24) is 0 Å². The normalized spacial score (nSPS) is 40.1. The Morgan fingerprint density at radius 2 is 1.55 bits per heavy atom. The molecular formula is C17H21NO2. The minimum Gasteiger partial charge on any atom is -0.454 e. The van der Waals surface area contributed by atoms with Gasteiger partial charge in [0.2, 0.25) is 6.79 Å². The lowest BCUT2D eigenvalue weighted by Gasteiger charge is -2.54. The van der Waals surface area contributed by atoms with Gasteiger partial charge in [0.25, 0.3) is 0 Å². The van der Waals surface area contributed by atoms with Crippen molar-refractivity contribution < 1.29 is 9.47 Å². The minimum absolute atomic E-state index is 0.358. The van der Waals surface area contributed by atoms with Crippen LogP contribution < -0.4 is 14.8 Å². The summed E-state index contributed by atoms with van der Waals surface area (Å²) in [4.78, 5) is 0. The van der Waals surface area contributed by atoms with E-state index in [1.54, 1.807) is 0 Å². The van der Waals surface area contributed by atoms with Crippen LogP contribution in [0.4, 0.5) is 5.69 Å². The zero-order chi connectivity index (χ0) is 13.1. The van der Waals surface area contributed by atoms with E-state index in [-0.39, 0.29) is 0 Å².